The molecule has 1 N–H and O–H groups in total. The summed E-state index contributed by atoms with van der Waals surface area (Å²) in [6.07, 6.45) is 1.75. The summed E-state index contributed by atoms with van der Waals surface area (Å²) >= 11 is 1.52. The summed E-state index contributed by atoms with van der Waals surface area (Å²) in [7, 11) is 0. The van der Waals surface area contributed by atoms with Crippen molar-refractivity contribution < 1.29 is 8.78 Å². The van der Waals surface area contributed by atoms with E-state index in [2.05, 4.69) is 10.3 Å². The molecule has 1 atom stereocenters. The molecule has 0 spiro atoms. The maximum atomic E-state index is 12.9. The Morgan fingerprint density at radius 2 is 2.12 bits per heavy atom. The Morgan fingerprint density at radius 1 is 1.31 bits per heavy atom. The molecule has 0 aliphatic carbocycles. The third kappa shape index (κ3) is 2.36. The Kier molecular flexibility index (Phi) is 3.14. The number of thiazole rings is 1. The van der Waals surface area contributed by atoms with Crippen molar-refractivity contribution in [2.45, 2.75) is 13.0 Å². The number of halogens is 2. The van der Waals surface area contributed by atoms with E-state index in [1.807, 2.05) is 6.92 Å². The summed E-state index contributed by atoms with van der Waals surface area (Å²) in [6, 6.07) is 3.79. The first kappa shape index (κ1) is 11.0. The zero-order valence-electron chi connectivity index (χ0n) is 8.58. The van der Waals surface area contributed by atoms with Crippen molar-refractivity contribution in [3.8, 4) is 0 Å². The van der Waals surface area contributed by atoms with Crippen LogP contribution in [-0.4, -0.2) is 4.98 Å². The van der Waals surface area contributed by atoms with E-state index < -0.39 is 11.6 Å². The first-order valence-electron chi connectivity index (χ1n) is 4.77. The van der Waals surface area contributed by atoms with Crippen LogP contribution in [-0.2, 0) is 0 Å². The second-order valence-electron chi connectivity index (χ2n) is 3.40. The van der Waals surface area contributed by atoms with E-state index in [4.69, 9.17) is 0 Å². The maximum absolute atomic E-state index is 12.9. The van der Waals surface area contributed by atoms with Crippen LogP contribution in [0.4, 0.5) is 14.5 Å². The topological polar surface area (TPSA) is 24.9 Å². The van der Waals surface area contributed by atoms with Gasteiger partial charge in [-0.3, -0.25) is 4.98 Å². The number of hydrogen-bond donors (Lipinski definition) is 1. The van der Waals surface area contributed by atoms with E-state index in [0.29, 0.717) is 5.69 Å². The van der Waals surface area contributed by atoms with Gasteiger partial charge >= 0.3 is 0 Å². The number of anilines is 1. The molecule has 2 nitrogen and oxygen atoms in total. The van der Waals surface area contributed by atoms with Crippen molar-refractivity contribution in [2.24, 2.45) is 0 Å². The van der Waals surface area contributed by atoms with E-state index in [-0.39, 0.29) is 6.04 Å². The van der Waals surface area contributed by atoms with Crippen LogP contribution < -0.4 is 5.32 Å². The number of rotatable bonds is 3. The SMILES string of the molecule is CC(Nc1ccc(F)c(F)c1)c1cncs1. The molecule has 16 heavy (non-hydrogen) atoms. The number of aromatic nitrogens is 1. The lowest BCUT2D eigenvalue weighted by atomic mass is 10.2. The van der Waals surface area contributed by atoms with Gasteiger partial charge in [0.25, 0.3) is 0 Å². The molecule has 1 unspecified atom stereocenters. The molecule has 0 aliphatic rings. The van der Waals surface area contributed by atoms with Gasteiger partial charge in [-0.05, 0) is 19.1 Å². The minimum atomic E-state index is -0.846. The van der Waals surface area contributed by atoms with Crippen molar-refractivity contribution in [1.29, 1.82) is 0 Å². The molecule has 2 aromatic rings. The quantitative estimate of drug-likeness (QED) is 0.886. The Morgan fingerprint density at radius 3 is 2.75 bits per heavy atom. The molecule has 1 aromatic carbocycles. The van der Waals surface area contributed by atoms with E-state index in [9.17, 15) is 8.78 Å². The second-order valence-corrected chi connectivity index (χ2v) is 4.32. The van der Waals surface area contributed by atoms with E-state index in [1.165, 1.54) is 17.4 Å². The predicted molar refractivity (Wildman–Crippen MR) is 60.5 cm³/mol. The van der Waals surface area contributed by atoms with Gasteiger partial charge in [-0.15, -0.1) is 11.3 Å². The fourth-order valence-corrected chi connectivity index (χ4v) is 1.97. The van der Waals surface area contributed by atoms with Crippen LogP contribution in [0.15, 0.2) is 29.9 Å². The minimum Gasteiger partial charge on any atom is -0.378 e. The lowest BCUT2D eigenvalue weighted by Crippen LogP contribution is -2.05. The second kappa shape index (κ2) is 4.57. The maximum Gasteiger partial charge on any atom is 0.160 e. The van der Waals surface area contributed by atoms with Crippen molar-refractivity contribution in [3.63, 3.8) is 0 Å². The molecule has 0 bridgehead atoms. The summed E-state index contributed by atoms with van der Waals surface area (Å²) in [5, 5.41) is 3.08. The van der Waals surface area contributed by atoms with Crippen molar-refractivity contribution in [2.75, 3.05) is 5.32 Å². The third-order valence-corrected chi connectivity index (χ3v) is 3.14. The van der Waals surface area contributed by atoms with Gasteiger partial charge in [0.05, 0.1) is 11.6 Å². The van der Waals surface area contributed by atoms with Gasteiger partial charge in [0, 0.05) is 22.8 Å². The predicted octanol–water partition coefficient (Wildman–Crippen LogP) is 3.59. The molecule has 0 fully saturated rings. The average Bonchev–Trinajstić information content (AvgIpc) is 2.77. The van der Waals surface area contributed by atoms with E-state index in [0.717, 1.165) is 17.0 Å². The van der Waals surface area contributed by atoms with Gasteiger partial charge < -0.3 is 5.32 Å². The van der Waals surface area contributed by atoms with Gasteiger partial charge in [0.15, 0.2) is 11.6 Å². The van der Waals surface area contributed by atoms with Gasteiger partial charge in [0.2, 0.25) is 0 Å². The molecular weight excluding hydrogens is 230 g/mol. The van der Waals surface area contributed by atoms with Crippen molar-refractivity contribution >= 4 is 17.0 Å². The van der Waals surface area contributed by atoms with Gasteiger partial charge in [-0.25, -0.2) is 8.78 Å². The summed E-state index contributed by atoms with van der Waals surface area (Å²) < 4.78 is 25.6. The molecular formula is C11H10F2N2S. The van der Waals surface area contributed by atoms with E-state index in [1.54, 1.807) is 11.7 Å². The normalized spacial score (nSPS) is 12.4. The number of nitrogens with zero attached hydrogens (tertiary/aromatic N) is 1. The standard InChI is InChI=1S/C11H10F2N2S/c1-7(11-5-14-6-16-11)15-8-2-3-9(12)10(13)4-8/h2-7,15H,1H3. The summed E-state index contributed by atoms with van der Waals surface area (Å²) in [5.74, 6) is -1.68. The Labute approximate surface area is 96.0 Å². The molecule has 0 radical (unpaired) electrons. The van der Waals surface area contributed by atoms with Crippen molar-refractivity contribution in [1.82, 2.24) is 4.98 Å². The smallest absolute Gasteiger partial charge is 0.160 e. The zero-order valence-corrected chi connectivity index (χ0v) is 9.39. The monoisotopic (exact) mass is 240 g/mol. The Balaban J connectivity index is 2.12. The fraction of sp³-hybridized carbons (Fsp3) is 0.182. The van der Waals surface area contributed by atoms with Crippen molar-refractivity contribution in [3.05, 3.63) is 46.4 Å². The molecule has 5 heteroatoms. The highest BCUT2D eigenvalue weighted by Gasteiger charge is 2.08. The first-order valence-corrected chi connectivity index (χ1v) is 5.65. The molecule has 0 amide bonds. The average molecular weight is 240 g/mol. The molecule has 1 aromatic heterocycles. The number of hydrogen-bond acceptors (Lipinski definition) is 3. The Bertz CT molecular complexity index is 471. The first-order chi connectivity index (χ1) is 7.66. The van der Waals surface area contributed by atoms with Gasteiger partial charge in [0.1, 0.15) is 0 Å². The van der Waals surface area contributed by atoms with Crippen LogP contribution in [0.5, 0.6) is 0 Å². The molecule has 0 aliphatic heterocycles. The lowest BCUT2D eigenvalue weighted by Gasteiger charge is -2.13. The zero-order chi connectivity index (χ0) is 11.5. The summed E-state index contributed by atoms with van der Waals surface area (Å²) in [5.41, 5.74) is 2.29. The number of nitrogens with one attached hydrogen (secondary N) is 1. The van der Waals surface area contributed by atoms with Crippen LogP contribution >= 0.6 is 11.3 Å². The van der Waals surface area contributed by atoms with E-state index >= 15 is 0 Å². The van der Waals surface area contributed by atoms with Crippen LogP contribution in [0.2, 0.25) is 0 Å². The molecule has 0 saturated carbocycles. The minimum absolute atomic E-state index is 0.0253. The number of benzene rings is 1. The third-order valence-electron chi connectivity index (χ3n) is 2.18. The van der Waals surface area contributed by atoms with Gasteiger partial charge in [-0.2, -0.15) is 0 Å². The molecule has 1 heterocycles. The van der Waals surface area contributed by atoms with Crippen LogP contribution in [0.1, 0.15) is 17.8 Å². The summed E-state index contributed by atoms with van der Waals surface area (Å²) in [6.45, 7) is 1.94. The molecule has 84 valence electrons. The fourth-order valence-electron chi connectivity index (χ4n) is 1.35. The van der Waals surface area contributed by atoms with Crippen LogP contribution in [0.3, 0.4) is 0 Å². The Hall–Kier alpha value is -1.49. The lowest BCUT2D eigenvalue weighted by molar-refractivity contribution is 0.509. The highest BCUT2D eigenvalue weighted by molar-refractivity contribution is 7.09. The highest BCUT2D eigenvalue weighted by Crippen LogP contribution is 2.22. The molecule has 0 saturated heterocycles. The van der Waals surface area contributed by atoms with Crippen LogP contribution in [0.25, 0.3) is 0 Å². The largest absolute Gasteiger partial charge is 0.378 e. The summed E-state index contributed by atoms with van der Waals surface area (Å²) in [4.78, 5) is 5.01. The van der Waals surface area contributed by atoms with Crippen LogP contribution in [0, 0.1) is 11.6 Å². The molecule has 2 rings (SSSR count). The highest BCUT2D eigenvalue weighted by atomic mass is 32.1. The van der Waals surface area contributed by atoms with Gasteiger partial charge in [-0.1, -0.05) is 0 Å².